The number of hydrogen-bond acceptors (Lipinski definition) is 4. The van der Waals surface area contributed by atoms with Crippen molar-refractivity contribution >= 4 is 40.0 Å². The van der Waals surface area contributed by atoms with Crippen LogP contribution in [0.3, 0.4) is 0 Å². The van der Waals surface area contributed by atoms with E-state index in [1.807, 2.05) is 6.07 Å². The maximum absolute atomic E-state index is 13.3. The fraction of sp³-hybridized carbons (Fsp3) is 0.192. The Morgan fingerprint density at radius 2 is 1.86 bits per heavy atom. The molecule has 4 aromatic rings. The van der Waals surface area contributed by atoms with Gasteiger partial charge in [0.05, 0.1) is 45.7 Å². The fourth-order valence-corrected chi connectivity index (χ4v) is 3.69. The molecule has 0 radical (unpaired) electrons. The van der Waals surface area contributed by atoms with Crippen molar-refractivity contribution in [1.82, 2.24) is 15.1 Å². The second-order valence-electron chi connectivity index (χ2n) is 8.76. The van der Waals surface area contributed by atoms with Crippen LogP contribution < -0.4 is 10.6 Å². The Kier molecular flexibility index (Phi) is 6.86. The lowest BCUT2D eigenvalue weighted by Gasteiger charge is -2.20. The Labute approximate surface area is 206 Å². The number of rotatable bonds is 7. The Bertz CT molecular complexity index is 1400. The molecule has 3 aromatic carbocycles. The second-order valence-corrected chi connectivity index (χ2v) is 9.17. The van der Waals surface area contributed by atoms with E-state index < -0.39 is 11.3 Å². The lowest BCUT2D eigenvalue weighted by Crippen LogP contribution is -2.38. The third kappa shape index (κ3) is 5.18. The van der Waals surface area contributed by atoms with Crippen LogP contribution in [-0.4, -0.2) is 33.3 Å². The first kappa shape index (κ1) is 24.4. The summed E-state index contributed by atoms with van der Waals surface area (Å²) in [5.41, 5.74) is 1.99. The highest BCUT2D eigenvalue weighted by atomic mass is 35.5. The lowest BCUT2D eigenvalue weighted by atomic mass is 9.93. The molecular weight excluding hydrogens is 471 g/mol. The Morgan fingerprint density at radius 3 is 2.57 bits per heavy atom. The van der Waals surface area contributed by atoms with Crippen LogP contribution in [0.15, 0.2) is 66.9 Å². The number of anilines is 1. The minimum atomic E-state index is -0.913. The SMILES string of the molecule is CC(C)(CO)C(=O)NCc1ccc(Cl)c(C(=O)Nc2cccc3c2cnn3-c2ccc(F)cc2)c1. The normalized spacial score (nSPS) is 11.5. The number of nitrogens with one attached hydrogen (secondary N) is 2. The summed E-state index contributed by atoms with van der Waals surface area (Å²) >= 11 is 6.30. The topological polar surface area (TPSA) is 96.2 Å². The molecule has 0 aliphatic carbocycles. The van der Waals surface area contributed by atoms with Crippen molar-refractivity contribution in [3.63, 3.8) is 0 Å². The maximum Gasteiger partial charge on any atom is 0.257 e. The van der Waals surface area contributed by atoms with Gasteiger partial charge in [0.25, 0.3) is 5.91 Å². The zero-order valence-corrected chi connectivity index (χ0v) is 19.9. The third-order valence-corrected chi connectivity index (χ3v) is 6.00. The maximum atomic E-state index is 13.3. The van der Waals surface area contributed by atoms with Crippen LogP contribution >= 0.6 is 11.6 Å². The zero-order chi connectivity index (χ0) is 25.2. The molecule has 0 unspecified atom stereocenters. The molecule has 0 spiro atoms. The predicted molar refractivity (Wildman–Crippen MR) is 133 cm³/mol. The first-order chi connectivity index (χ1) is 16.7. The van der Waals surface area contributed by atoms with Gasteiger partial charge < -0.3 is 15.7 Å². The number of amides is 2. The van der Waals surface area contributed by atoms with Crippen LogP contribution in [0.1, 0.15) is 29.8 Å². The molecule has 7 nitrogen and oxygen atoms in total. The minimum Gasteiger partial charge on any atom is -0.395 e. The summed E-state index contributed by atoms with van der Waals surface area (Å²) in [7, 11) is 0. The summed E-state index contributed by atoms with van der Waals surface area (Å²) in [6.07, 6.45) is 1.63. The molecule has 2 amide bonds. The number of benzene rings is 3. The molecule has 0 saturated carbocycles. The van der Waals surface area contributed by atoms with Gasteiger partial charge in [-0.2, -0.15) is 5.10 Å². The van der Waals surface area contributed by atoms with E-state index in [0.717, 1.165) is 5.52 Å². The van der Waals surface area contributed by atoms with Gasteiger partial charge in [-0.15, -0.1) is 0 Å². The molecule has 0 fully saturated rings. The van der Waals surface area contributed by atoms with E-state index in [4.69, 9.17) is 11.6 Å². The number of carbonyl (C=O) groups excluding carboxylic acids is 2. The molecule has 1 heterocycles. The first-order valence-electron chi connectivity index (χ1n) is 10.9. The van der Waals surface area contributed by atoms with E-state index in [-0.39, 0.29) is 35.5 Å². The van der Waals surface area contributed by atoms with Gasteiger partial charge in [0.1, 0.15) is 5.82 Å². The van der Waals surface area contributed by atoms with Crippen LogP contribution in [-0.2, 0) is 11.3 Å². The van der Waals surface area contributed by atoms with Gasteiger partial charge in [-0.1, -0.05) is 23.7 Å². The molecule has 0 aliphatic heterocycles. The van der Waals surface area contributed by atoms with Gasteiger partial charge in [0, 0.05) is 11.9 Å². The van der Waals surface area contributed by atoms with Crippen LogP contribution in [0, 0.1) is 11.2 Å². The second kappa shape index (κ2) is 9.85. The number of aromatic nitrogens is 2. The van der Waals surface area contributed by atoms with E-state index in [1.165, 1.54) is 12.1 Å². The number of fused-ring (bicyclic) bond motifs is 1. The lowest BCUT2D eigenvalue weighted by molar-refractivity contribution is -0.131. The number of halogens is 2. The molecule has 4 rings (SSSR count). The van der Waals surface area contributed by atoms with Gasteiger partial charge in [0.2, 0.25) is 5.91 Å². The minimum absolute atomic E-state index is 0.180. The highest BCUT2D eigenvalue weighted by Gasteiger charge is 2.26. The highest BCUT2D eigenvalue weighted by Crippen LogP contribution is 2.27. The Morgan fingerprint density at radius 1 is 1.11 bits per heavy atom. The number of aliphatic hydroxyl groups is 1. The first-order valence-corrected chi connectivity index (χ1v) is 11.3. The van der Waals surface area contributed by atoms with Crippen molar-refractivity contribution < 1.29 is 19.1 Å². The van der Waals surface area contributed by atoms with Crippen LogP contribution in [0.2, 0.25) is 5.02 Å². The largest absolute Gasteiger partial charge is 0.395 e. The fourth-order valence-electron chi connectivity index (χ4n) is 3.49. The van der Waals surface area contributed by atoms with E-state index in [9.17, 15) is 19.1 Å². The number of aliphatic hydroxyl groups excluding tert-OH is 1. The molecule has 0 aliphatic rings. The Hall–Kier alpha value is -3.75. The van der Waals surface area contributed by atoms with Crippen molar-refractivity contribution in [2.75, 3.05) is 11.9 Å². The molecule has 35 heavy (non-hydrogen) atoms. The van der Waals surface area contributed by atoms with E-state index in [2.05, 4.69) is 15.7 Å². The molecule has 3 N–H and O–H groups in total. The summed E-state index contributed by atoms with van der Waals surface area (Å²) in [6.45, 7) is 3.18. The summed E-state index contributed by atoms with van der Waals surface area (Å²) in [4.78, 5) is 25.3. The van der Waals surface area contributed by atoms with Crippen molar-refractivity contribution in [2.45, 2.75) is 20.4 Å². The van der Waals surface area contributed by atoms with E-state index >= 15 is 0 Å². The predicted octanol–water partition coefficient (Wildman–Crippen LogP) is 4.71. The molecule has 0 atom stereocenters. The highest BCUT2D eigenvalue weighted by molar-refractivity contribution is 6.34. The van der Waals surface area contributed by atoms with Crippen molar-refractivity contribution in [3.8, 4) is 5.69 Å². The van der Waals surface area contributed by atoms with Gasteiger partial charge >= 0.3 is 0 Å². The number of hydrogen-bond donors (Lipinski definition) is 3. The van der Waals surface area contributed by atoms with Crippen LogP contribution in [0.25, 0.3) is 16.6 Å². The van der Waals surface area contributed by atoms with Crippen molar-refractivity contribution in [3.05, 3.63) is 88.8 Å². The van der Waals surface area contributed by atoms with Gasteiger partial charge in [-0.05, 0) is 67.9 Å². The van der Waals surface area contributed by atoms with Crippen molar-refractivity contribution in [2.24, 2.45) is 5.41 Å². The monoisotopic (exact) mass is 494 g/mol. The van der Waals surface area contributed by atoms with Crippen LogP contribution in [0.5, 0.6) is 0 Å². The molecule has 0 saturated heterocycles. The summed E-state index contributed by atoms with van der Waals surface area (Å²) in [5.74, 6) is -1.05. The third-order valence-electron chi connectivity index (χ3n) is 5.67. The molecule has 180 valence electrons. The number of nitrogens with zero attached hydrogens (tertiary/aromatic N) is 2. The Balaban J connectivity index is 1.56. The van der Waals surface area contributed by atoms with Gasteiger partial charge in [0.15, 0.2) is 0 Å². The molecular formula is C26H24ClFN4O3. The zero-order valence-electron chi connectivity index (χ0n) is 19.2. The van der Waals surface area contributed by atoms with Crippen molar-refractivity contribution in [1.29, 1.82) is 0 Å². The number of carbonyl (C=O) groups is 2. The van der Waals surface area contributed by atoms with E-state index in [1.54, 1.807) is 67.2 Å². The average Bonchev–Trinajstić information content (AvgIpc) is 3.29. The smallest absolute Gasteiger partial charge is 0.257 e. The standard InChI is InChI=1S/C26H24ClFN4O3/c1-26(2,15-33)25(35)29-13-16-6-11-21(27)19(12-16)24(34)31-22-4-3-5-23-20(22)14-30-32(23)18-9-7-17(28)8-10-18/h3-12,14,33H,13,15H2,1-2H3,(H,29,35)(H,31,34). The summed E-state index contributed by atoms with van der Waals surface area (Å²) < 4.78 is 15.0. The van der Waals surface area contributed by atoms with Crippen LogP contribution in [0.4, 0.5) is 10.1 Å². The quantitative estimate of drug-likeness (QED) is 0.347. The molecule has 9 heteroatoms. The molecule has 0 bridgehead atoms. The summed E-state index contributed by atoms with van der Waals surface area (Å²) in [6, 6.07) is 16.3. The van der Waals surface area contributed by atoms with Gasteiger partial charge in [-0.3, -0.25) is 9.59 Å². The van der Waals surface area contributed by atoms with E-state index in [0.29, 0.717) is 22.3 Å². The molecule has 1 aromatic heterocycles. The average molecular weight is 495 g/mol. The van der Waals surface area contributed by atoms with Gasteiger partial charge in [-0.25, -0.2) is 9.07 Å². The summed E-state index contributed by atoms with van der Waals surface area (Å²) in [5, 5.41) is 20.4.